The van der Waals surface area contributed by atoms with Crippen molar-refractivity contribution in [3.05, 3.63) is 29.6 Å². The lowest BCUT2D eigenvalue weighted by molar-refractivity contribution is -0.213. The quantitative estimate of drug-likeness (QED) is 0.824. The molecule has 3 rings (SSSR count). The van der Waals surface area contributed by atoms with Crippen molar-refractivity contribution < 1.29 is 24.1 Å². The minimum atomic E-state index is -0.347. The monoisotopic (exact) mass is 339 g/mol. The van der Waals surface area contributed by atoms with Gasteiger partial charge in [0.15, 0.2) is 11.6 Å². The Hall–Kier alpha value is -1.21. The number of benzene rings is 1. The van der Waals surface area contributed by atoms with E-state index in [4.69, 9.17) is 14.6 Å². The Morgan fingerprint density at radius 2 is 2.08 bits per heavy atom. The minimum Gasteiger partial charge on any atom is -0.494 e. The van der Waals surface area contributed by atoms with Crippen molar-refractivity contribution >= 4 is 0 Å². The summed E-state index contributed by atoms with van der Waals surface area (Å²) in [4.78, 5) is 2.31. The molecule has 0 radical (unpaired) electrons. The van der Waals surface area contributed by atoms with Crippen LogP contribution < -0.4 is 4.74 Å². The van der Waals surface area contributed by atoms with Gasteiger partial charge in [0, 0.05) is 18.4 Å². The van der Waals surface area contributed by atoms with Gasteiger partial charge in [0.05, 0.1) is 32.5 Å². The van der Waals surface area contributed by atoms with Crippen LogP contribution in [0.5, 0.6) is 5.75 Å². The number of hydrogen-bond donors (Lipinski definition) is 2. The van der Waals surface area contributed by atoms with Crippen molar-refractivity contribution in [1.29, 1.82) is 0 Å². The molecular formula is C18H26FNO4. The van der Waals surface area contributed by atoms with E-state index in [1.54, 1.807) is 12.1 Å². The van der Waals surface area contributed by atoms with Crippen molar-refractivity contribution in [2.45, 2.75) is 38.0 Å². The molecular weight excluding hydrogens is 313 g/mol. The Balaban J connectivity index is 1.57. The Morgan fingerprint density at radius 1 is 1.33 bits per heavy atom. The van der Waals surface area contributed by atoms with E-state index in [-0.39, 0.29) is 35.8 Å². The Bertz CT molecular complexity index is 560. The molecule has 6 heteroatoms. The molecule has 1 aliphatic carbocycles. The van der Waals surface area contributed by atoms with E-state index in [1.807, 2.05) is 0 Å². The maximum absolute atomic E-state index is 13.5. The molecule has 1 aromatic carbocycles. The molecule has 1 heterocycles. The number of hydrogen-bond acceptors (Lipinski definition) is 5. The molecule has 24 heavy (non-hydrogen) atoms. The van der Waals surface area contributed by atoms with E-state index in [2.05, 4.69) is 4.90 Å². The summed E-state index contributed by atoms with van der Waals surface area (Å²) in [6.07, 6.45) is 2.15. The van der Waals surface area contributed by atoms with E-state index >= 15 is 0 Å². The number of aliphatic hydroxyl groups excluding tert-OH is 2. The topological polar surface area (TPSA) is 62.2 Å². The van der Waals surface area contributed by atoms with Gasteiger partial charge in [-0.2, -0.15) is 0 Å². The van der Waals surface area contributed by atoms with Crippen LogP contribution in [0, 0.1) is 11.2 Å². The fraction of sp³-hybridized carbons (Fsp3) is 0.667. The molecule has 134 valence electrons. The summed E-state index contributed by atoms with van der Waals surface area (Å²) in [5.74, 6) is -0.0758. The van der Waals surface area contributed by atoms with E-state index in [9.17, 15) is 9.50 Å². The summed E-state index contributed by atoms with van der Waals surface area (Å²) < 4.78 is 24.2. The Labute approximate surface area is 142 Å². The third kappa shape index (κ3) is 3.28. The van der Waals surface area contributed by atoms with Gasteiger partial charge in [0.25, 0.3) is 0 Å². The zero-order valence-corrected chi connectivity index (χ0v) is 14.1. The molecule has 0 unspecified atom stereocenters. The van der Waals surface area contributed by atoms with Crippen molar-refractivity contribution in [2.75, 3.05) is 33.4 Å². The Kier molecular flexibility index (Phi) is 5.39. The molecule has 2 fully saturated rings. The third-order valence-electron chi connectivity index (χ3n) is 5.56. The zero-order valence-electron chi connectivity index (χ0n) is 14.1. The summed E-state index contributed by atoms with van der Waals surface area (Å²) >= 11 is 0. The molecule has 1 spiro atoms. The van der Waals surface area contributed by atoms with Crippen LogP contribution in [0.4, 0.5) is 4.39 Å². The molecule has 1 saturated carbocycles. The first-order valence-electron chi connectivity index (χ1n) is 8.54. The first-order chi connectivity index (χ1) is 11.6. The van der Waals surface area contributed by atoms with Crippen LogP contribution in [-0.4, -0.2) is 60.7 Å². The molecule has 1 aromatic rings. The molecule has 1 saturated heterocycles. The summed E-state index contributed by atoms with van der Waals surface area (Å²) in [7, 11) is 1.47. The molecule has 0 amide bonds. The third-order valence-corrected chi connectivity index (χ3v) is 5.56. The van der Waals surface area contributed by atoms with Gasteiger partial charge < -0.3 is 19.7 Å². The van der Waals surface area contributed by atoms with Crippen LogP contribution in [0.1, 0.15) is 24.8 Å². The van der Waals surface area contributed by atoms with Gasteiger partial charge in [-0.25, -0.2) is 4.39 Å². The first-order valence-corrected chi connectivity index (χ1v) is 8.54. The van der Waals surface area contributed by atoms with Crippen LogP contribution in [-0.2, 0) is 11.3 Å². The second-order valence-corrected chi connectivity index (χ2v) is 6.81. The maximum Gasteiger partial charge on any atom is 0.165 e. The number of methoxy groups -OCH3 is 1. The maximum atomic E-state index is 13.5. The molecule has 2 atom stereocenters. The predicted octanol–water partition coefficient (Wildman–Crippen LogP) is 1.56. The highest BCUT2D eigenvalue weighted by molar-refractivity contribution is 5.30. The standard InChI is InChI=1S/C18H26FNO4/c1-23-15-10-13(2-3-14(15)19)12-20-6-4-18(5-7-20)16(22)11-17(18)24-9-8-21/h2-3,10,16-17,21-22H,4-9,11-12H2,1H3/t16-,17+/m0/s1. The van der Waals surface area contributed by atoms with Gasteiger partial charge in [0.2, 0.25) is 0 Å². The van der Waals surface area contributed by atoms with Gasteiger partial charge >= 0.3 is 0 Å². The zero-order chi connectivity index (χ0) is 17.2. The van der Waals surface area contributed by atoms with Crippen LogP contribution >= 0.6 is 0 Å². The van der Waals surface area contributed by atoms with Crippen molar-refractivity contribution in [3.63, 3.8) is 0 Å². The number of nitrogens with zero attached hydrogens (tertiary/aromatic N) is 1. The lowest BCUT2D eigenvalue weighted by Crippen LogP contribution is -2.62. The summed E-state index contributed by atoms with van der Waals surface area (Å²) in [5.41, 5.74) is 0.859. The average molecular weight is 339 g/mol. The summed E-state index contributed by atoms with van der Waals surface area (Å²) in [5, 5.41) is 19.2. The normalized spacial score (nSPS) is 26.3. The number of rotatable bonds is 6. The predicted molar refractivity (Wildman–Crippen MR) is 87.3 cm³/mol. The number of aliphatic hydroxyl groups is 2. The Morgan fingerprint density at radius 3 is 2.71 bits per heavy atom. The first kappa shape index (κ1) is 17.6. The number of halogens is 1. The molecule has 1 aliphatic heterocycles. The van der Waals surface area contributed by atoms with Gasteiger partial charge in [-0.3, -0.25) is 4.90 Å². The number of piperidine rings is 1. The fourth-order valence-electron chi connectivity index (χ4n) is 4.00. The fourth-order valence-corrected chi connectivity index (χ4v) is 4.00. The molecule has 0 bridgehead atoms. The van der Waals surface area contributed by atoms with Crippen molar-refractivity contribution in [1.82, 2.24) is 4.90 Å². The van der Waals surface area contributed by atoms with Gasteiger partial charge in [-0.15, -0.1) is 0 Å². The number of ether oxygens (including phenoxy) is 2. The van der Waals surface area contributed by atoms with E-state index in [0.717, 1.165) is 38.0 Å². The van der Waals surface area contributed by atoms with Crippen LogP contribution in [0.2, 0.25) is 0 Å². The molecule has 2 N–H and O–H groups in total. The lowest BCUT2D eigenvalue weighted by Gasteiger charge is -2.56. The smallest absolute Gasteiger partial charge is 0.165 e. The highest BCUT2D eigenvalue weighted by Gasteiger charge is 2.55. The second kappa shape index (κ2) is 7.35. The molecule has 2 aliphatic rings. The minimum absolute atomic E-state index is 0.0151. The average Bonchev–Trinajstić information content (AvgIpc) is 2.60. The summed E-state index contributed by atoms with van der Waals surface area (Å²) in [6, 6.07) is 4.96. The van der Waals surface area contributed by atoms with Crippen molar-refractivity contribution in [2.24, 2.45) is 5.41 Å². The van der Waals surface area contributed by atoms with Crippen LogP contribution in [0.3, 0.4) is 0 Å². The lowest BCUT2D eigenvalue weighted by atomic mass is 9.58. The molecule has 0 aromatic heterocycles. The molecule has 5 nitrogen and oxygen atoms in total. The second-order valence-electron chi connectivity index (χ2n) is 6.81. The van der Waals surface area contributed by atoms with Crippen molar-refractivity contribution in [3.8, 4) is 5.75 Å². The largest absolute Gasteiger partial charge is 0.494 e. The van der Waals surface area contributed by atoms with Gasteiger partial charge in [-0.1, -0.05) is 6.07 Å². The SMILES string of the molecule is COc1cc(CN2CCC3(CC2)[C@@H](O)C[C@H]3OCCO)ccc1F. The van der Waals surface area contributed by atoms with E-state index in [0.29, 0.717) is 13.0 Å². The van der Waals surface area contributed by atoms with Crippen LogP contribution in [0.25, 0.3) is 0 Å². The van der Waals surface area contributed by atoms with Gasteiger partial charge in [-0.05, 0) is 43.6 Å². The van der Waals surface area contributed by atoms with Crippen LogP contribution in [0.15, 0.2) is 18.2 Å². The van der Waals surface area contributed by atoms with E-state index in [1.165, 1.54) is 13.2 Å². The highest BCUT2D eigenvalue weighted by atomic mass is 19.1. The van der Waals surface area contributed by atoms with Gasteiger partial charge in [0.1, 0.15) is 0 Å². The number of likely N-dealkylation sites (tertiary alicyclic amines) is 1. The summed E-state index contributed by atoms with van der Waals surface area (Å²) in [6.45, 7) is 2.83. The van der Waals surface area contributed by atoms with E-state index < -0.39 is 0 Å². The highest BCUT2D eigenvalue weighted by Crippen LogP contribution is 2.51.